The number of thioether (sulfide) groups is 1. The van der Waals surface area contributed by atoms with Crippen LogP contribution in [0.1, 0.15) is 5.82 Å². The van der Waals surface area contributed by atoms with Crippen molar-refractivity contribution in [3.05, 3.63) is 24.2 Å². The van der Waals surface area contributed by atoms with E-state index in [1.165, 1.54) is 11.8 Å². The SMILES string of the molecule is Cn1c(N)nnc1SCc1noc(-c2ccco2)n1. The van der Waals surface area contributed by atoms with E-state index < -0.39 is 0 Å². The highest BCUT2D eigenvalue weighted by Gasteiger charge is 2.13. The monoisotopic (exact) mass is 278 g/mol. The molecule has 9 heteroatoms. The first-order valence-corrected chi connectivity index (χ1v) is 6.36. The fourth-order valence-corrected chi connectivity index (χ4v) is 2.16. The minimum absolute atomic E-state index is 0.359. The summed E-state index contributed by atoms with van der Waals surface area (Å²) in [6.07, 6.45) is 1.55. The molecule has 0 bridgehead atoms. The highest BCUT2D eigenvalue weighted by Crippen LogP contribution is 2.22. The van der Waals surface area contributed by atoms with Gasteiger partial charge in [-0.1, -0.05) is 16.9 Å². The molecule has 0 saturated heterocycles. The summed E-state index contributed by atoms with van der Waals surface area (Å²) in [7, 11) is 1.79. The molecule has 0 aliphatic rings. The van der Waals surface area contributed by atoms with E-state index in [9.17, 15) is 0 Å². The molecule has 3 aromatic heterocycles. The number of aromatic nitrogens is 5. The van der Waals surface area contributed by atoms with E-state index >= 15 is 0 Å². The number of hydrogen-bond acceptors (Lipinski definition) is 8. The van der Waals surface area contributed by atoms with Crippen LogP contribution in [0.2, 0.25) is 0 Å². The Morgan fingerprint density at radius 2 is 2.32 bits per heavy atom. The first-order valence-electron chi connectivity index (χ1n) is 5.38. The smallest absolute Gasteiger partial charge is 0.293 e. The molecule has 98 valence electrons. The Kier molecular flexibility index (Phi) is 2.95. The van der Waals surface area contributed by atoms with Crippen molar-refractivity contribution in [3.63, 3.8) is 0 Å². The molecule has 3 aromatic rings. The third kappa shape index (κ3) is 2.32. The van der Waals surface area contributed by atoms with Crippen molar-refractivity contribution in [2.45, 2.75) is 10.9 Å². The second-order valence-corrected chi connectivity index (χ2v) is 4.62. The summed E-state index contributed by atoms with van der Waals surface area (Å²) in [6, 6.07) is 3.52. The van der Waals surface area contributed by atoms with Crippen LogP contribution in [0.4, 0.5) is 5.95 Å². The number of nitrogen functional groups attached to an aromatic ring is 1. The Bertz CT molecular complexity index is 674. The number of anilines is 1. The molecule has 0 aromatic carbocycles. The van der Waals surface area contributed by atoms with Crippen molar-refractivity contribution >= 4 is 17.7 Å². The lowest BCUT2D eigenvalue weighted by atomic mass is 10.4. The molecule has 0 fully saturated rings. The standard InChI is InChI=1S/C10H10N6O2S/c1-16-9(11)13-14-10(16)19-5-7-12-8(18-15-7)6-3-2-4-17-6/h2-4H,5H2,1H3,(H2,11,13). The molecule has 0 unspecified atom stereocenters. The van der Waals surface area contributed by atoms with Crippen LogP contribution in [0.15, 0.2) is 32.5 Å². The summed E-state index contributed by atoms with van der Waals surface area (Å²) < 4.78 is 12.0. The summed E-state index contributed by atoms with van der Waals surface area (Å²) in [5.41, 5.74) is 5.59. The molecule has 19 heavy (non-hydrogen) atoms. The number of nitrogens with two attached hydrogens (primary N) is 1. The third-order valence-electron chi connectivity index (χ3n) is 2.40. The number of furan rings is 1. The van der Waals surface area contributed by atoms with E-state index in [0.29, 0.717) is 34.3 Å². The van der Waals surface area contributed by atoms with Gasteiger partial charge in [-0.05, 0) is 12.1 Å². The lowest BCUT2D eigenvalue weighted by Crippen LogP contribution is -1.98. The van der Waals surface area contributed by atoms with Crippen molar-refractivity contribution in [3.8, 4) is 11.7 Å². The molecule has 2 N–H and O–H groups in total. The fraction of sp³-hybridized carbons (Fsp3) is 0.200. The van der Waals surface area contributed by atoms with Crippen LogP contribution >= 0.6 is 11.8 Å². The van der Waals surface area contributed by atoms with Gasteiger partial charge in [-0.25, -0.2) is 0 Å². The molecular weight excluding hydrogens is 268 g/mol. The van der Waals surface area contributed by atoms with Crippen molar-refractivity contribution in [1.29, 1.82) is 0 Å². The predicted molar refractivity (Wildman–Crippen MR) is 67.0 cm³/mol. The third-order valence-corrected chi connectivity index (χ3v) is 3.42. The van der Waals surface area contributed by atoms with Crippen LogP contribution in [0.3, 0.4) is 0 Å². The second kappa shape index (κ2) is 4.76. The van der Waals surface area contributed by atoms with E-state index in [0.717, 1.165) is 0 Å². The van der Waals surface area contributed by atoms with Crippen LogP contribution in [0, 0.1) is 0 Å². The molecule has 3 heterocycles. The molecule has 3 rings (SSSR count). The number of nitrogens with zero attached hydrogens (tertiary/aromatic N) is 5. The van der Waals surface area contributed by atoms with Gasteiger partial charge in [-0.3, -0.25) is 4.57 Å². The quantitative estimate of drug-likeness (QED) is 0.712. The molecule has 0 spiro atoms. The lowest BCUT2D eigenvalue weighted by molar-refractivity contribution is 0.411. The van der Waals surface area contributed by atoms with Gasteiger partial charge in [0.25, 0.3) is 5.89 Å². The van der Waals surface area contributed by atoms with Gasteiger partial charge >= 0.3 is 0 Å². The van der Waals surface area contributed by atoms with Gasteiger partial charge in [0.2, 0.25) is 5.95 Å². The number of hydrogen-bond donors (Lipinski definition) is 1. The van der Waals surface area contributed by atoms with Gasteiger partial charge in [-0.15, -0.1) is 10.2 Å². The summed E-state index contributed by atoms with van der Waals surface area (Å²) in [6.45, 7) is 0. The Morgan fingerprint density at radius 1 is 1.42 bits per heavy atom. The maximum atomic E-state index is 5.59. The highest BCUT2D eigenvalue weighted by atomic mass is 32.2. The van der Waals surface area contributed by atoms with Crippen molar-refractivity contribution in [2.75, 3.05) is 5.73 Å². The molecule has 0 atom stereocenters. The van der Waals surface area contributed by atoms with Crippen molar-refractivity contribution in [1.82, 2.24) is 24.9 Å². The van der Waals surface area contributed by atoms with Crippen LogP contribution in [0.25, 0.3) is 11.7 Å². The first-order chi connectivity index (χ1) is 9.24. The average molecular weight is 278 g/mol. The second-order valence-electron chi connectivity index (χ2n) is 3.68. The fourth-order valence-electron chi connectivity index (χ4n) is 1.39. The van der Waals surface area contributed by atoms with Crippen LogP contribution in [0.5, 0.6) is 0 Å². The zero-order valence-electron chi connectivity index (χ0n) is 9.98. The first kappa shape index (κ1) is 11.8. The molecule has 0 aliphatic heterocycles. The zero-order chi connectivity index (χ0) is 13.2. The lowest BCUT2D eigenvalue weighted by Gasteiger charge is -1.97. The predicted octanol–water partition coefficient (Wildman–Crippen LogP) is 1.33. The van der Waals surface area contributed by atoms with E-state index in [1.807, 2.05) is 0 Å². The van der Waals surface area contributed by atoms with Gasteiger partial charge in [0, 0.05) is 7.05 Å². The molecule has 8 nitrogen and oxygen atoms in total. The van der Waals surface area contributed by atoms with Gasteiger partial charge in [0.15, 0.2) is 16.7 Å². The van der Waals surface area contributed by atoms with E-state index in [1.54, 1.807) is 30.0 Å². The van der Waals surface area contributed by atoms with Crippen LogP contribution in [-0.4, -0.2) is 24.9 Å². The maximum Gasteiger partial charge on any atom is 0.293 e. The van der Waals surface area contributed by atoms with E-state index in [4.69, 9.17) is 14.7 Å². The summed E-state index contributed by atoms with van der Waals surface area (Å²) >= 11 is 1.43. The zero-order valence-corrected chi connectivity index (χ0v) is 10.8. The average Bonchev–Trinajstić information content (AvgIpc) is 3.11. The van der Waals surface area contributed by atoms with Crippen LogP contribution < -0.4 is 5.73 Å². The molecule has 0 saturated carbocycles. The number of rotatable bonds is 4. The molecule has 0 aliphatic carbocycles. The summed E-state index contributed by atoms with van der Waals surface area (Å²) in [4.78, 5) is 4.22. The van der Waals surface area contributed by atoms with Gasteiger partial charge < -0.3 is 14.7 Å². The minimum atomic E-state index is 0.359. The van der Waals surface area contributed by atoms with Gasteiger partial charge in [-0.2, -0.15) is 4.98 Å². The Hall–Kier alpha value is -2.29. The largest absolute Gasteiger partial charge is 0.459 e. The Morgan fingerprint density at radius 3 is 3.00 bits per heavy atom. The topological polar surface area (TPSA) is 109 Å². The van der Waals surface area contributed by atoms with E-state index in [2.05, 4.69) is 20.3 Å². The summed E-state index contributed by atoms with van der Waals surface area (Å²) in [5.74, 6) is 2.34. The van der Waals surface area contributed by atoms with Gasteiger partial charge in [0.05, 0.1) is 12.0 Å². The molecule has 0 radical (unpaired) electrons. The Labute approximate surface area is 112 Å². The maximum absolute atomic E-state index is 5.59. The highest BCUT2D eigenvalue weighted by molar-refractivity contribution is 7.98. The molecular formula is C10H10N6O2S. The normalized spacial score (nSPS) is 11.0. The van der Waals surface area contributed by atoms with Gasteiger partial charge in [0.1, 0.15) is 0 Å². The van der Waals surface area contributed by atoms with Crippen molar-refractivity contribution in [2.24, 2.45) is 7.05 Å². The van der Waals surface area contributed by atoms with Crippen LogP contribution in [-0.2, 0) is 12.8 Å². The Balaban J connectivity index is 1.69. The molecule has 0 amide bonds. The van der Waals surface area contributed by atoms with E-state index in [-0.39, 0.29) is 0 Å². The van der Waals surface area contributed by atoms with Crippen molar-refractivity contribution < 1.29 is 8.94 Å². The minimum Gasteiger partial charge on any atom is -0.459 e. The summed E-state index contributed by atoms with van der Waals surface area (Å²) in [5, 5.41) is 12.3.